The molecule has 1 aliphatic rings. The minimum Gasteiger partial charge on any atom is -0.497 e. The molecule has 1 aromatic carbocycles. The Labute approximate surface area is 106 Å². The van der Waals surface area contributed by atoms with Crippen LogP contribution in [-0.2, 0) is 4.79 Å². The first-order valence-electron chi connectivity index (χ1n) is 5.92. The number of benzene rings is 1. The Kier molecular flexibility index (Phi) is 3.67. The Morgan fingerprint density at radius 1 is 1.50 bits per heavy atom. The van der Waals surface area contributed by atoms with E-state index in [1.54, 1.807) is 30.2 Å². The van der Waals surface area contributed by atoms with Gasteiger partial charge in [0.2, 0.25) is 5.91 Å². The summed E-state index contributed by atoms with van der Waals surface area (Å²) in [7, 11) is 1.60. The first kappa shape index (κ1) is 12.6. The summed E-state index contributed by atoms with van der Waals surface area (Å²) >= 11 is 0. The zero-order chi connectivity index (χ0) is 13.1. The molecule has 1 heterocycles. The third-order valence-corrected chi connectivity index (χ3v) is 3.19. The number of carbonyl (C=O) groups is 1. The molecule has 96 valence electrons. The van der Waals surface area contributed by atoms with Crippen LogP contribution in [0.4, 0.5) is 5.69 Å². The summed E-state index contributed by atoms with van der Waals surface area (Å²) in [5.74, 6) is 0.686. The van der Waals surface area contributed by atoms with Crippen LogP contribution in [0.15, 0.2) is 36.9 Å². The third-order valence-electron chi connectivity index (χ3n) is 3.19. The van der Waals surface area contributed by atoms with E-state index in [1.807, 2.05) is 12.1 Å². The number of methoxy groups -OCH3 is 1. The Morgan fingerprint density at radius 2 is 2.17 bits per heavy atom. The molecule has 4 heteroatoms. The van der Waals surface area contributed by atoms with Crippen molar-refractivity contribution >= 4 is 11.6 Å². The fourth-order valence-electron chi connectivity index (χ4n) is 2.28. The summed E-state index contributed by atoms with van der Waals surface area (Å²) in [4.78, 5) is 13.6. The highest BCUT2D eigenvalue weighted by molar-refractivity contribution is 5.97. The van der Waals surface area contributed by atoms with Crippen molar-refractivity contribution in [3.8, 4) is 5.75 Å². The second-order valence-electron chi connectivity index (χ2n) is 4.32. The number of anilines is 1. The van der Waals surface area contributed by atoms with Gasteiger partial charge in [-0.15, -0.1) is 6.58 Å². The van der Waals surface area contributed by atoms with Crippen molar-refractivity contribution in [3.63, 3.8) is 0 Å². The van der Waals surface area contributed by atoms with Gasteiger partial charge in [0.25, 0.3) is 0 Å². The number of amides is 1. The molecular weight excluding hydrogens is 230 g/mol. The lowest BCUT2D eigenvalue weighted by Gasteiger charge is -2.25. The zero-order valence-electron chi connectivity index (χ0n) is 10.4. The molecule has 0 bridgehead atoms. The second-order valence-corrected chi connectivity index (χ2v) is 4.32. The standard InChI is InChI=1S/C14H17NO3/c1-3-4-12-13(16)9-14(17)15(12)10-5-7-11(18-2)8-6-10/h3,5-8,12-13,16H,1,4,9H2,2H3/t12-,13-/m1/s1. The summed E-state index contributed by atoms with van der Waals surface area (Å²) in [6.45, 7) is 3.67. The molecule has 0 aromatic heterocycles. The van der Waals surface area contributed by atoms with E-state index in [-0.39, 0.29) is 18.4 Å². The monoisotopic (exact) mass is 247 g/mol. The minimum atomic E-state index is -0.627. The number of ether oxygens (including phenoxy) is 1. The van der Waals surface area contributed by atoms with Crippen molar-refractivity contribution in [3.05, 3.63) is 36.9 Å². The van der Waals surface area contributed by atoms with Crippen LogP contribution in [0.2, 0.25) is 0 Å². The summed E-state index contributed by atoms with van der Waals surface area (Å²) in [6, 6.07) is 7.04. The smallest absolute Gasteiger partial charge is 0.230 e. The second kappa shape index (κ2) is 5.23. The normalized spacial score (nSPS) is 23.2. The molecule has 0 aliphatic carbocycles. The van der Waals surface area contributed by atoms with Gasteiger partial charge < -0.3 is 14.7 Å². The molecule has 1 saturated heterocycles. The fraction of sp³-hybridized carbons (Fsp3) is 0.357. The lowest BCUT2D eigenvalue weighted by Crippen LogP contribution is -2.36. The number of aliphatic hydroxyl groups excluding tert-OH is 1. The van der Waals surface area contributed by atoms with Crippen molar-refractivity contribution in [2.45, 2.75) is 25.0 Å². The van der Waals surface area contributed by atoms with E-state index in [4.69, 9.17) is 4.74 Å². The molecule has 1 fully saturated rings. The van der Waals surface area contributed by atoms with Gasteiger partial charge in [-0.3, -0.25) is 4.79 Å². The third kappa shape index (κ3) is 2.24. The molecule has 1 N–H and O–H groups in total. The topological polar surface area (TPSA) is 49.8 Å². The predicted molar refractivity (Wildman–Crippen MR) is 69.7 cm³/mol. The fourth-order valence-corrected chi connectivity index (χ4v) is 2.28. The number of aliphatic hydroxyl groups is 1. The molecule has 4 nitrogen and oxygen atoms in total. The van der Waals surface area contributed by atoms with Crippen LogP contribution in [0.5, 0.6) is 5.75 Å². The molecule has 2 atom stereocenters. The highest BCUT2D eigenvalue weighted by Crippen LogP contribution is 2.30. The lowest BCUT2D eigenvalue weighted by molar-refractivity contribution is -0.117. The number of carbonyl (C=O) groups excluding carboxylic acids is 1. The van der Waals surface area contributed by atoms with Crippen LogP contribution in [0.3, 0.4) is 0 Å². The molecule has 1 amide bonds. The van der Waals surface area contributed by atoms with Gasteiger partial charge in [-0.05, 0) is 30.7 Å². The van der Waals surface area contributed by atoms with Crippen molar-refractivity contribution in [2.75, 3.05) is 12.0 Å². The SMILES string of the molecule is C=CC[C@@H]1[C@H](O)CC(=O)N1c1ccc(OC)cc1. The van der Waals surface area contributed by atoms with Crippen LogP contribution in [0.25, 0.3) is 0 Å². The lowest BCUT2D eigenvalue weighted by atomic mass is 10.1. The van der Waals surface area contributed by atoms with Gasteiger partial charge in [0, 0.05) is 5.69 Å². The highest BCUT2D eigenvalue weighted by Gasteiger charge is 2.38. The van der Waals surface area contributed by atoms with E-state index in [2.05, 4.69) is 6.58 Å². The van der Waals surface area contributed by atoms with Gasteiger partial charge in [0.15, 0.2) is 0 Å². The van der Waals surface area contributed by atoms with Gasteiger partial charge in [-0.2, -0.15) is 0 Å². The van der Waals surface area contributed by atoms with E-state index in [0.29, 0.717) is 6.42 Å². The van der Waals surface area contributed by atoms with Crippen molar-refractivity contribution in [1.29, 1.82) is 0 Å². The molecular formula is C14H17NO3. The zero-order valence-corrected chi connectivity index (χ0v) is 10.4. The van der Waals surface area contributed by atoms with Gasteiger partial charge in [0.05, 0.1) is 25.7 Å². The molecule has 2 rings (SSSR count). The van der Waals surface area contributed by atoms with Crippen molar-refractivity contribution in [2.24, 2.45) is 0 Å². The Hall–Kier alpha value is -1.81. The Morgan fingerprint density at radius 3 is 2.72 bits per heavy atom. The van der Waals surface area contributed by atoms with Gasteiger partial charge >= 0.3 is 0 Å². The van der Waals surface area contributed by atoms with E-state index in [0.717, 1.165) is 11.4 Å². The van der Waals surface area contributed by atoms with Crippen LogP contribution < -0.4 is 9.64 Å². The van der Waals surface area contributed by atoms with Crippen LogP contribution in [-0.4, -0.2) is 30.3 Å². The largest absolute Gasteiger partial charge is 0.497 e. The maximum Gasteiger partial charge on any atom is 0.230 e. The molecule has 0 unspecified atom stereocenters. The molecule has 0 radical (unpaired) electrons. The van der Waals surface area contributed by atoms with Gasteiger partial charge in [-0.25, -0.2) is 0 Å². The van der Waals surface area contributed by atoms with Crippen molar-refractivity contribution < 1.29 is 14.6 Å². The average Bonchev–Trinajstić information content (AvgIpc) is 2.65. The summed E-state index contributed by atoms with van der Waals surface area (Å²) in [5, 5.41) is 9.89. The van der Waals surface area contributed by atoms with Crippen LogP contribution in [0, 0.1) is 0 Å². The molecule has 0 saturated carbocycles. The summed E-state index contributed by atoms with van der Waals surface area (Å²) in [6.07, 6.45) is 1.85. The number of nitrogens with zero attached hydrogens (tertiary/aromatic N) is 1. The molecule has 18 heavy (non-hydrogen) atoms. The number of hydrogen-bond donors (Lipinski definition) is 1. The minimum absolute atomic E-state index is 0.0560. The number of rotatable bonds is 4. The maximum atomic E-state index is 11.9. The van der Waals surface area contributed by atoms with E-state index in [9.17, 15) is 9.90 Å². The quantitative estimate of drug-likeness (QED) is 0.824. The van der Waals surface area contributed by atoms with Crippen molar-refractivity contribution in [1.82, 2.24) is 0 Å². The molecule has 1 aliphatic heterocycles. The number of hydrogen-bond acceptors (Lipinski definition) is 3. The van der Waals surface area contributed by atoms with Crippen LogP contribution >= 0.6 is 0 Å². The van der Waals surface area contributed by atoms with E-state index >= 15 is 0 Å². The van der Waals surface area contributed by atoms with Crippen LogP contribution in [0.1, 0.15) is 12.8 Å². The summed E-state index contributed by atoms with van der Waals surface area (Å²) < 4.78 is 5.09. The summed E-state index contributed by atoms with van der Waals surface area (Å²) in [5.41, 5.74) is 0.782. The Balaban J connectivity index is 2.28. The van der Waals surface area contributed by atoms with Gasteiger partial charge in [0.1, 0.15) is 5.75 Å². The average molecular weight is 247 g/mol. The predicted octanol–water partition coefficient (Wildman–Crippen LogP) is 1.74. The highest BCUT2D eigenvalue weighted by atomic mass is 16.5. The molecule has 1 aromatic rings. The first-order valence-corrected chi connectivity index (χ1v) is 5.92. The van der Waals surface area contributed by atoms with E-state index in [1.165, 1.54) is 0 Å². The van der Waals surface area contributed by atoms with Gasteiger partial charge in [-0.1, -0.05) is 6.08 Å². The maximum absolute atomic E-state index is 11.9. The first-order chi connectivity index (χ1) is 8.67. The van der Waals surface area contributed by atoms with E-state index < -0.39 is 6.10 Å². The molecule has 0 spiro atoms. The Bertz CT molecular complexity index is 441.